The normalized spacial score (nSPS) is 13.9. The summed E-state index contributed by atoms with van der Waals surface area (Å²) in [5.74, 6) is -1.89. The minimum atomic E-state index is -1.54. The van der Waals surface area contributed by atoms with Crippen LogP contribution in [0.1, 0.15) is 34.1 Å². The molecule has 5 N–H and O–H groups in total. The summed E-state index contributed by atoms with van der Waals surface area (Å²) in [7, 11) is 0. The van der Waals surface area contributed by atoms with Crippen LogP contribution in [0.15, 0.2) is 109 Å². The van der Waals surface area contributed by atoms with Crippen LogP contribution in [-0.2, 0) is 9.53 Å². The number of hydrogen-bond acceptors (Lipinski definition) is 6. The second-order valence-electron chi connectivity index (χ2n) is 9.75. The van der Waals surface area contributed by atoms with Gasteiger partial charge in [0.25, 0.3) is 0 Å². The van der Waals surface area contributed by atoms with E-state index in [9.17, 15) is 19.8 Å². The lowest BCUT2D eigenvalue weighted by molar-refractivity contribution is -0.144. The number of nitrogens with one attached hydrogen (secondary N) is 1. The van der Waals surface area contributed by atoms with Crippen molar-refractivity contribution in [1.82, 2.24) is 10.4 Å². The van der Waals surface area contributed by atoms with Gasteiger partial charge in [-0.2, -0.15) is 5.01 Å². The standard InChI is InChI=1S/C32H31N3O5/c33-30(29(21-11-3-1-4-12-21)22-13-5-2-6-14-22)31(38)35(19-28(36)37)34-32(39)40-20-27-25-17-9-7-15-23(25)24-16-8-10-18-26(24)27/h1-18,27,29-31,38H,19-20,33H2,(H,34,39)(H,36,37)/t30-,31?/m0/s1. The minimum absolute atomic E-state index is 0.0412. The smallest absolute Gasteiger partial charge is 0.421 e. The molecule has 40 heavy (non-hydrogen) atoms. The number of carbonyl (C=O) groups excluding carboxylic acids is 1. The lowest BCUT2D eigenvalue weighted by atomic mass is 9.84. The number of aliphatic hydroxyl groups excluding tert-OH is 1. The quantitative estimate of drug-likeness (QED) is 0.176. The first-order chi connectivity index (χ1) is 19.4. The van der Waals surface area contributed by atoms with Crippen LogP contribution in [-0.4, -0.2) is 52.7 Å². The molecule has 4 aromatic rings. The number of amides is 1. The van der Waals surface area contributed by atoms with Crippen molar-refractivity contribution in [3.63, 3.8) is 0 Å². The number of hydrazine groups is 1. The van der Waals surface area contributed by atoms with Gasteiger partial charge in [0.15, 0.2) is 0 Å². The van der Waals surface area contributed by atoms with Crippen LogP contribution in [0.5, 0.6) is 0 Å². The fourth-order valence-corrected chi connectivity index (χ4v) is 5.43. The van der Waals surface area contributed by atoms with Gasteiger partial charge in [0.2, 0.25) is 0 Å². The predicted octanol–water partition coefficient (Wildman–Crippen LogP) is 4.30. The van der Waals surface area contributed by atoms with Gasteiger partial charge in [-0.15, -0.1) is 0 Å². The number of nitrogens with zero attached hydrogens (tertiary/aromatic N) is 1. The molecule has 2 atom stereocenters. The van der Waals surface area contributed by atoms with Crippen LogP contribution >= 0.6 is 0 Å². The molecular formula is C32H31N3O5. The highest BCUT2D eigenvalue weighted by molar-refractivity contribution is 5.79. The molecule has 1 aliphatic rings. The Kier molecular flexibility index (Phi) is 8.21. The summed E-state index contributed by atoms with van der Waals surface area (Å²) < 4.78 is 5.57. The Labute approximate surface area is 232 Å². The summed E-state index contributed by atoms with van der Waals surface area (Å²) in [4.78, 5) is 24.6. The van der Waals surface area contributed by atoms with E-state index in [0.717, 1.165) is 38.4 Å². The lowest BCUT2D eigenvalue weighted by Gasteiger charge is -2.35. The molecular weight excluding hydrogens is 506 g/mol. The average molecular weight is 538 g/mol. The fourth-order valence-electron chi connectivity index (χ4n) is 5.43. The Bertz CT molecular complexity index is 1380. The average Bonchev–Trinajstić information content (AvgIpc) is 3.30. The van der Waals surface area contributed by atoms with E-state index in [1.54, 1.807) is 0 Å². The molecule has 0 radical (unpaired) electrons. The highest BCUT2D eigenvalue weighted by Crippen LogP contribution is 2.44. The van der Waals surface area contributed by atoms with E-state index in [2.05, 4.69) is 5.43 Å². The molecule has 204 valence electrons. The van der Waals surface area contributed by atoms with Gasteiger partial charge in [-0.25, -0.2) is 4.79 Å². The van der Waals surface area contributed by atoms with E-state index in [0.29, 0.717) is 0 Å². The van der Waals surface area contributed by atoms with Crippen LogP contribution in [0.3, 0.4) is 0 Å². The molecule has 0 bridgehead atoms. The molecule has 0 fully saturated rings. The molecule has 4 aromatic carbocycles. The molecule has 8 nitrogen and oxygen atoms in total. The summed E-state index contributed by atoms with van der Waals surface area (Å²) in [5, 5.41) is 21.7. The molecule has 0 saturated heterocycles. The number of rotatable bonds is 10. The number of hydrogen-bond donors (Lipinski definition) is 4. The molecule has 0 saturated carbocycles. The molecule has 0 heterocycles. The van der Waals surface area contributed by atoms with Crippen LogP contribution < -0.4 is 11.2 Å². The van der Waals surface area contributed by atoms with Gasteiger partial charge in [0.05, 0.1) is 6.04 Å². The maximum atomic E-state index is 12.9. The van der Waals surface area contributed by atoms with Crippen molar-refractivity contribution >= 4 is 12.1 Å². The van der Waals surface area contributed by atoms with Crippen molar-refractivity contribution in [3.8, 4) is 11.1 Å². The molecule has 8 heteroatoms. The largest absolute Gasteiger partial charge is 0.480 e. The van der Waals surface area contributed by atoms with Gasteiger partial charge in [-0.1, -0.05) is 109 Å². The Morgan fingerprint density at radius 2 is 1.27 bits per heavy atom. The van der Waals surface area contributed by atoms with Crippen molar-refractivity contribution in [2.75, 3.05) is 13.2 Å². The lowest BCUT2D eigenvalue weighted by Crippen LogP contribution is -2.58. The first kappa shape index (κ1) is 27.1. The maximum absolute atomic E-state index is 12.9. The summed E-state index contributed by atoms with van der Waals surface area (Å²) >= 11 is 0. The Balaban J connectivity index is 1.32. The van der Waals surface area contributed by atoms with E-state index in [1.807, 2.05) is 109 Å². The Morgan fingerprint density at radius 3 is 1.77 bits per heavy atom. The third-order valence-corrected chi connectivity index (χ3v) is 7.25. The minimum Gasteiger partial charge on any atom is -0.480 e. The molecule has 1 amide bonds. The number of aliphatic hydroxyl groups is 1. The third-order valence-electron chi connectivity index (χ3n) is 7.25. The Morgan fingerprint density at radius 1 is 0.800 bits per heavy atom. The highest BCUT2D eigenvalue weighted by atomic mass is 16.6. The van der Waals surface area contributed by atoms with Crippen LogP contribution in [0.2, 0.25) is 0 Å². The number of fused-ring (bicyclic) bond motifs is 3. The summed E-state index contributed by atoms with van der Waals surface area (Å²) in [5.41, 5.74) is 15.0. The zero-order chi connectivity index (χ0) is 28.1. The molecule has 0 aromatic heterocycles. The van der Waals surface area contributed by atoms with Gasteiger partial charge in [0, 0.05) is 11.8 Å². The zero-order valence-corrected chi connectivity index (χ0v) is 21.8. The molecule has 1 aliphatic carbocycles. The van der Waals surface area contributed by atoms with E-state index in [-0.39, 0.29) is 12.5 Å². The number of ether oxygens (including phenoxy) is 1. The zero-order valence-electron chi connectivity index (χ0n) is 21.8. The van der Waals surface area contributed by atoms with E-state index < -0.39 is 36.8 Å². The molecule has 0 spiro atoms. The molecule has 0 aliphatic heterocycles. The first-order valence-electron chi connectivity index (χ1n) is 13.1. The van der Waals surface area contributed by atoms with Crippen molar-refractivity contribution in [2.24, 2.45) is 5.73 Å². The summed E-state index contributed by atoms with van der Waals surface area (Å²) in [6.45, 7) is -0.644. The number of nitrogens with two attached hydrogens (primary N) is 1. The van der Waals surface area contributed by atoms with Crippen LogP contribution in [0.25, 0.3) is 11.1 Å². The van der Waals surface area contributed by atoms with Gasteiger partial charge in [-0.3, -0.25) is 10.2 Å². The van der Waals surface area contributed by atoms with Crippen LogP contribution in [0.4, 0.5) is 4.79 Å². The number of carbonyl (C=O) groups is 2. The Hall–Kier alpha value is -4.50. The second kappa shape index (κ2) is 12.1. The monoisotopic (exact) mass is 537 g/mol. The number of carboxylic acid groups (broad SMARTS) is 1. The molecule has 5 rings (SSSR count). The number of carboxylic acids is 1. The van der Waals surface area contributed by atoms with Gasteiger partial charge >= 0.3 is 12.1 Å². The van der Waals surface area contributed by atoms with Crippen molar-refractivity contribution < 1.29 is 24.5 Å². The SMILES string of the molecule is N[C@@H](C(c1ccccc1)c1ccccc1)C(O)N(CC(=O)O)NC(=O)OCC1c2ccccc2-c2ccccc21. The summed E-state index contributed by atoms with van der Waals surface area (Å²) in [6, 6.07) is 33.7. The van der Waals surface area contributed by atoms with Gasteiger partial charge in [0.1, 0.15) is 19.4 Å². The van der Waals surface area contributed by atoms with Crippen molar-refractivity contribution in [2.45, 2.75) is 24.1 Å². The fraction of sp³-hybridized carbons (Fsp3) is 0.188. The van der Waals surface area contributed by atoms with Crippen molar-refractivity contribution in [1.29, 1.82) is 0 Å². The van der Waals surface area contributed by atoms with E-state index in [4.69, 9.17) is 10.5 Å². The second-order valence-corrected chi connectivity index (χ2v) is 9.75. The first-order valence-corrected chi connectivity index (χ1v) is 13.1. The van der Waals surface area contributed by atoms with Crippen molar-refractivity contribution in [3.05, 3.63) is 131 Å². The van der Waals surface area contributed by atoms with E-state index >= 15 is 0 Å². The summed E-state index contributed by atoms with van der Waals surface area (Å²) in [6.07, 6.45) is -2.42. The highest BCUT2D eigenvalue weighted by Gasteiger charge is 2.34. The third kappa shape index (κ3) is 5.74. The predicted molar refractivity (Wildman–Crippen MR) is 151 cm³/mol. The number of aliphatic carboxylic acids is 1. The van der Waals surface area contributed by atoms with Gasteiger partial charge in [-0.05, 0) is 33.4 Å². The number of benzene rings is 4. The topological polar surface area (TPSA) is 125 Å². The maximum Gasteiger partial charge on any atom is 0.421 e. The van der Waals surface area contributed by atoms with Gasteiger partial charge < -0.3 is 20.7 Å². The van der Waals surface area contributed by atoms with E-state index in [1.165, 1.54) is 0 Å². The van der Waals surface area contributed by atoms with Crippen LogP contribution in [0, 0.1) is 0 Å². The molecule has 1 unspecified atom stereocenters.